The molecular formula is C58H38N2O. The van der Waals surface area contributed by atoms with E-state index in [0.29, 0.717) is 0 Å². The summed E-state index contributed by atoms with van der Waals surface area (Å²) in [5, 5.41) is 7.20. The van der Waals surface area contributed by atoms with Gasteiger partial charge < -0.3 is 13.9 Å². The Labute approximate surface area is 353 Å². The molecule has 0 aliphatic carbocycles. The fraction of sp³-hybridized carbons (Fsp3) is 0. The maximum absolute atomic E-state index is 6.41. The van der Waals surface area contributed by atoms with Crippen molar-refractivity contribution in [3.8, 4) is 39.1 Å². The molecule has 0 aliphatic heterocycles. The predicted octanol–water partition coefficient (Wildman–Crippen LogP) is 16.3. The number of para-hydroxylation sites is 3. The summed E-state index contributed by atoms with van der Waals surface area (Å²) in [4.78, 5) is 2.36. The largest absolute Gasteiger partial charge is 0.456 e. The van der Waals surface area contributed by atoms with E-state index in [0.717, 1.165) is 50.3 Å². The monoisotopic (exact) mass is 778 g/mol. The van der Waals surface area contributed by atoms with E-state index in [1.165, 1.54) is 60.4 Å². The molecule has 3 nitrogen and oxygen atoms in total. The Balaban J connectivity index is 0.951. The fourth-order valence-electron chi connectivity index (χ4n) is 9.41. The lowest BCUT2D eigenvalue weighted by Gasteiger charge is -2.27. The summed E-state index contributed by atoms with van der Waals surface area (Å²) in [6.07, 6.45) is 0. The standard InChI is InChI=1S/C58H38N2O/c1-2-13-41(14-3-1)47-20-10-15-43-16-11-21-48(57(43)47)42-31-37-45(38-32-42)59(54-24-12-26-56-58(54)51-19-6-9-25-55(51)61-56)44-33-27-39(28-34-44)40-29-35-46(36-30-40)60-52-22-7-4-17-49(52)50-18-5-8-23-53(50)60/h1-38H. The van der Waals surface area contributed by atoms with E-state index < -0.39 is 0 Å². The maximum Gasteiger partial charge on any atom is 0.137 e. The van der Waals surface area contributed by atoms with Gasteiger partial charge >= 0.3 is 0 Å². The molecule has 12 aromatic rings. The molecule has 0 aliphatic rings. The van der Waals surface area contributed by atoms with Crippen molar-refractivity contribution in [3.63, 3.8) is 0 Å². The van der Waals surface area contributed by atoms with Gasteiger partial charge in [0.2, 0.25) is 0 Å². The lowest BCUT2D eigenvalue weighted by molar-refractivity contribution is 0.669. The molecule has 0 fully saturated rings. The molecule has 0 saturated carbocycles. The van der Waals surface area contributed by atoms with Crippen molar-refractivity contribution in [2.45, 2.75) is 0 Å². The Bertz CT molecular complexity index is 3500. The molecule has 0 saturated heterocycles. The first-order valence-electron chi connectivity index (χ1n) is 20.8. The molecule has 0 radical (unpaired) electrons. The summed E-state index contributed by atoms with van der Waals surface area (Å²) in [5.74, 6) is 0. The van der Waals surface area contributed by atoms with Crippen LogP contribution in [0.3, 0.4) is 0 Å². The van der Waals surface area contributed by atoms with Crippen molar-refractivity contribution >= 4 is 71.6 Å². The Hall–Kier alpha value is -8.14. The summed E-state index contributed by atoms with van der Waals surface area (Å²) >= 11 is 0. The Morgan fingerprint density at radius 1 is 0.328 bits per heavy atom. The molecule has 12 rings (SSSR count). The van der Waals surface area contributed by atoms with Crippen LogP contribution in [0.25, 0.3) is 93.6 Å². The molecule has 0 amide bonds. The lowest BCUT2D eigenvalue weighted by Crippen LogP contribution is -2.10. The van der Waals surface area contributed by atoms with E-state index in [4.69, 9.17) is 4.42 Å². The van der Waals surface area contributed by atoms with Crippen LogP contribution in [0.5, 0.6) is 0 Å². The van der Waals surface area contributed by atoms with Crippen molar-refractivity contribution in [3.05, 3.63) is 231 Å². The van der Waals surface area contributed by atoms with Crippen LogP contribution < -0.4 is 4.90 Å². The summed E-state index contributed by atoms with van der Waals surface area (Å²) < 4.78 is 8.78. The molecule has 286 valence electrons. The Morgan fingerprint density at radius 2 is 0.820 bits per heavy atom. The fourth-order valence-corrected chi connectivity index (χ4v) is 9.41. The van der Waals surface area contributed by atoms with E-state index >= 15 is 0 Å². The van der Waals surface area contributed by atoms with Crippen LogP contribution in [0.15, 0.2) is 235 Å². The third-order valence-corrected chi connectivity index (χ3v) is 12.2. The summed E-state index contributed by atoms with van der Waals surface area (Å²) in [5.41, 5.74) is 15.7. The molecule has 0 atom stereocenters. The lowest BCUT2D eigenvalue weighted by atomic mass is 9.91. The number of rotatable bonds is 7. The summed E-state index contributed by atoms with van der Waals surface area (Å²) in [6.45, 7) is 0. The van der Waals surface area contributed by atoms with Gasteiger partial charge in [0.05, 0.1) is 22.1 Å². The molecule has 10 aromatic carbocycles. The number of hydrogen-bond donors (Lipinski definition) is 0. The van der Waals surface area contributed by atoms with Gasteiger partial charge in [-0.1, -0.05) is 164 Å². The molecule has 0 bridgehead atoms. The van der Waals surface area contributed by atoms with Gasteiger partial charge in [0.1, 0.15) is 11.2 Å². The van der Waals surface area contributed by atoms with Crippen LogP contribution >= 0.6 is 0 Å². The SMILES string of the molecule is c1ccc(-c2cccc3cccc(-c4ccc(N(c5ccc(-c6ccc(-n7c8ccccc8c8ccccc87)cc6)cc5)c5cccc6oc7ccccc7c56)cc4)c23)cc1. The molecule has 2 aromatic heterocycles. The molecule has 0 unspecified atom stereocenters. The quantitative estimate of drug-likeness (QED) is 0.161. The zero-order valence-corrected chi connectivity index (χ0v) is 33.2. The van der Waals surface area contributed by atoms with E-state index in [9.17, 15) is 0 Å². The number of furan rings is 1. The molecule has 3 heteroatoms. The highest BCUT2D eigenvalue weighted by atomic mass is 16.3. The number of fused-ring (bicyclic) bond motifs is 7. The van der Waals surface area contributed by atoms with E-state index in [1.54, 1.807) is 0 Å². The first kappa shape index (κ1) is 34.9. The van der Waals surface area contributed by atoms with Crippen LogP contribution in [0.1, 0.15) is 0 Å². The highest BCUT2D eigenvalue weighted by Crippen LogP contribution is 2.44. The van der Waals surface area contributed by atoms with Crippen LogP contribution in [-0.4, -0.2) is 4.57 Å². The van der Waals surface area contributed by atoms with Crippen molar-refractivity contribution in [1.82, 2.24) is 4.57 Å². The van der Waals surface area contributed by atoms with E-state index in [1.807, 2.05) is 12.1 Å². The van der Waals surface area contributed by atoms with Crippen LogP contribution in [0, 0.1) is 0 Å². The Kier molecular flexibility index (Phi) is 8.17. The van der Waals surface area contributed by atoms with Crippen molar-refractivity contribution < 1.29 is 4.42 Å². The zero-order chi connectivity index (χ0) is 40.3. The minimum atomic E-state index is 0.865. The smallest absolute Gasteiger partial charge is 0.137 e. The minimum absolute atomic E-state index is 0.865. The second-order valence-electron chi connectivity index (χ2n) is 15.7. The number of benzene rings is 10. The van der Waals surface area contributed by atoms with Crippen molar-refractivity contribution in [1.29, 1.82) is 0 Å². The van der Waals surface area contributed by atoms with E-state index in [-0.39, 0.29) is 0 Å². The van der Waals surface area contributed by atoms with Gasteiger partial charge in [-0.2, -0.15) is 0 Å². The second kappa shape index (κ2) is 14.3. The van der Waals surface area contributed by atoms with Crippen molar-refractivity contribution in [2.75, 3.05) is 4.90 Å². The third kappa shape index (κ3) is 5.82. The molecule has 61 heavy (non-hydrogen) atoms. The molecular weight excluding hydrogens is 741 g/mol. The van der Waals surface area contributed by atoms with Gasteiger partial charge in [0, 0.05) is 33.2 Å². The van der Waals surface area contributed by atoms with Crippen LogP contribution in [0.2, 0.25) is 0 Å². The molecule has 0 spiro atoms. The Morgan fingerprint density at radius 3 is 1.46 bits per heavy atom. The summed E-state index contributed by atoms with van der Waals surface area (Å²) in [6, 6.07) is 82.8. The first-order chi connectivity index (χ1) is 30.3. The number of nitrogens with zero attached hydrogens (tertiary/aromatic N) is 2. The molecule has 0 N–H and O–H groups in total. The predicted molar refractivity (Wildman–Crippen MR) is 257 cm³/mol. The van der Waals surface area contributed by atoms with Crippen molar-refractivity contribution in [2.24, 2.45) is 0 Å². The highest BCUT2D eigenvalue weighted by Gasteiger charge is 2.20. The second-order valence-corrected chi connectivity index (χ2v) is 15.7. The van der Waals surface area contributed by atoms with Gasteiger partial charge in [0.15, 0.2) is 0 Å². The van der Waals surface area contributed by atoms with Crippen LogP contribution in [-0.2, 0) is 0 Å². The van der Waals surface area contributed by atoms with Gasteiger partial charge in [-0.25, -0.2) is 0 Å². The molecule has 2 heterocycles. The number of hydrogen-bond acceptors (Lipinski definition) is 2. The van der Waals surface area contributed by atoms with E-state index in [2.05, 4.69) is 228 Å². The van der Waals surface area contributed by atoms with Gasteiger partial charge in [-0.05, 0) is 111 Å². The topological polar surface area (TPSA) is 21.3 Å². The third-order valence-electron chi connectivity index (χ3n) is 12.2. The van der Waals surface area contributed by atoms with Gasteiger partial charge in [-0.15, -0.1) is 0 Å². The maximum atomic E-state index is 6.41. The average molecular weight is 779 g/mol. The zero-order valence-electron chi connectivity index (χ0n) is 33.2. The highest BCUT2D eigenvalue weighted by molar-refractivity contribution is 6.14. The van der Waals surface area contributed by atoms with Gasteiger partial charge in [0.25, 0.3) is 0 Å². The first-order valence-corrected chi connectivity index (χ1v) is 20.8. The normalized spacial score (nSPS) is 11.6. The average Bonchev–Trinajstić information content (AvgIpc) is 3.89. The van der Waals surface area contributed by atoms with Crippen LogP contribution in [0.4, 0.5) is 17.1 Å². The number of aromatic nitrogens is 1. The minimum Gasteiger partial charge on any atom is -0.456 e. The number of anilines is 3. The summed E-state index contributed by atoms with van der Waals surface area (Å²) in [7, 11) is 0. The van der Waals surface area contributed by atoms with Gasteiger partial charge in [-0.3, -0.25) is 0 Å².